The van der Waals surface area contributed by atoms with Gasteiger partial charge in [0.25, 0.3) is 0 Å². The molecule has 1 aliphatic heterocycles. The fourth-order valence-electron chi connectivity index (χ4n) is 2.18. The molecule has 1 saturated heterocycles. The van der Waals surface area contributed by atoms with Crippen molar-refractivity contribution >= 4 is 21.7 Å². The number of nitrogens with zero attached hydrogens (tertiary/aromatic N) is 3. The highest BCUT2D eigenvalue weighted by atomic mass is 79.9. The third-order valence-electron chi connectivity index (χ3n) is 3.25. The van der Waals surface area contributed by atoms with E-state index in [1.165, 1.54) is 19.5 Å². The Hall–Kier alpha value is -0.680. The summed E-state index contributed by atoms with van der Waals surface area (Å²) >= 11 is 3.34. The Morgan fingerprint density at radius 1 is 1.53 bits per heavy atom. The van der Waals surface area contributed by atoms with E-state index in [0.29, 0.717) is 6.04 Å². The minimum atomic E-state index is 0.660. The molecular weight excluding hydrogens is 280 g/mol. The van der Waals surface area contributed by atoms with E-state index >= 15 is 0 Å². The van der Waals surface area contributed by atoms with Crippen LogP contribution in [0.3, 0.4) is 0 Å². The number of aromatic nitrogens is 2. The average Bonchev–Trinajstić information content (AvgIpc) is 2.75. The van der Waals surface area contributed by atoms with Crippen LogP contribution in [0.1, 0.15) is 20.3 Å². The van der Waals surface area contributed by atoms with Crippen molar-refractivity contribution in [2.24, 2.45) is 5.92 Å². The average molecular weight is 299 g/mol. The molecule has 2 rings (SSSR count). The largest absolute Gasteiger partial charge is 0.370 e. The lowest BCUT2D eigenvalue weighted by Crippen LogP contribution is -2.29. The fraction of sp³-hybridized carbons (Fsp3) is 0.667. The Morgan fingerprint density at radius 3 is 3.00 bits per heavy atom. The van der Waals surface area contributed by atoms with Gasteiger partial charge in [-0.2, -0.15) is 0 Å². The van der Waals surface area contributed by atoms with Gasteiger partial charge < -0.3 is 10.2 Å². The first kappa shape index (κ1) is 12.8. The maximum atomic E-state index is 4.19. The van der Waals surface area contributed by atoms with Crippen LogP contribution in [0.25, 0.3) is 0 Å². The van der Waals surface area contributed by atoms with Gasteiger partial charge in [-0.3, -0.25) is 0 Å². The van der Waals surface area contributed by atoms with E-state index in [-0.39, 0.29) is 0 Å². The van der Waals surface area contributed by atoms with Crippen LogP contribution >= 0.6 is 15.9 Å². The Labute approximate surface area is 111 Å². The van der Waals surface area contributed by atoms with Crippen LogP contribution in [0.15, 0.2) is 17.0 Å². The van der Waals surface area contributed by atoms with Gasteiger partial charge >= 0.3 is 0 Å². The van der Waals surface area contributed by atoms with Crippen LogP contribution in [-0.2, 0) is 0 Å². The lowest BCUT2D eigenvalue weighted by molar-refractivity contribution is 0.266. The smallest absolute Gasteiger partial charge is 0.130 e. The van der Waals surface area contributed by atoms with Crippen LogP contribution in [0.5, 0.6) is 0 Å². The molecule has 0 bridgehead atoms. The highest BCUT2D eigenvalue weighted by Crippen LogP contribution is 2.19. The number of nitrogens with one attached hydrogen (secondary N) is 1. The topological polar surface area (TPSA) is 41.0 Å². The third-order valence-corrected chi connectivity index (χ3v) is 3.69. The zero-order chi connectivity index (χ0) is 12.3. The molecule has 1 aromatic heterocycles. The summed E-state index contributed by atoms with van der Waals surface area (Å²) in [5, 5.41) is 3.38. The molecule has 1 unspecified atom stereocenters. The summed E-state index contributed by atoms with van der Waals surface area (Å²) in [5.74, 6) is 1.63. The van der Waals surface area contributed by atoms with Crippen molar-refractivity contribution in [2.45, 2.75) is 26.3 Å². The fourth-order valence-corrected chi connectivity index (χ4v) is 2.49. The minimum absolute atomic E-state index is 0.660. The van der Waals surface area contributed by atoms with E-state index in [9.17, 15) is 0 Å². The Kier molecular flexibility index (Phi) is 4.34. The van der Waals surface area contributed by atoms with Gasteiger partial charge in [-0.15, -0.1) is 0 Å². The third kappa shape index (κ3) is 3.64. The Morgan fingerprint density at radius 2 is 2.35 bits per heavy atom. The van der Waals surface area contributed by atoms with Gasteiger partial charge in [0.2, 0.25) is 0 Å². The van der Waals surface area contributed by atoms with Gasteiger partial charge in [-0.1, -0.05) is 0 Å². The number of halogens is 1. The second-order valence-electron chi connectivity index (χ2n) is 4.85. The maximum Gasteiger partial charge on any atom is 0.130 e. The molecule has 1 aromatic rings. The second-order valence-corrected chi connectivity index (χ2v) is 5.66. The summed E-state index contributed by atoms with van der Waals surface area (Å²) < 4.78 is 0.824. The molecule has 0 spiro atoms. The van der Waals surface area contributed by atoms with Gasteiger partial charge in [0.1, 0.15) is 16.7 Å². The van der Waals surface area contributed by atoms with E-state index in [1.807, 2.05) is 6.07 Å². The molecule has 1 aliphatic rings. The van der Waals surface area contributed by atoms with Crippen LogP contribution in [-0.4, -0.2) is 40.5 Å². The first-order valence-electron chi connectivity index (χ1n) is 6.10. The van der Waals surface area contributed by atoms with E-state index < -0.39 is 0 Å². The summed E-state index contributed by atoms with van der Waals surface area (Å²) in [7, 11) is 0. The predicted molar refractivity (Wildman–Crippen MR) is 73.0 cm³/mol. The number of rotatable bonds is 4. The highest BCUT2D eigenvalue weighted by Gasteiger charge is 2.23. The van der Waals surface area contributed by atoms with Gasteiger partial charge in [-0.25, -0.2) is 9.97 Å². The monoisotopic (exact) mass is 298 g/mol. The number of anilines is 1. The van der Waals surface area contributed by atoms with Crippen LogP contribution in [0, 0.1) is 5.92 Å². The molecule has 0 radical (unpaired) electrons. The zero-order valence-corrected chi connectivity index (χ0v) is 11.9. The quantitative estimate of drug-likeness (QED) is 0.867. The summed E-state index contributed by atoms with van der Waals surface area (Å²) in [4.78, 5) is 10.7. The van der Waals surface area contributed by atoms with Gasteiger partial charge in [0.05, 0.1) is 0 Å². The molecule has 1 N–H and O–H groups in total. The van der Waals surface area contributed by atoms with Crippen LogP contribution in [0.2, 0.25) is 0 Å². The van der Waals surface area contributed by atoms with Crippen molar-refractivity contribution in [3.63, 3.8) is 0 Å². The molecule has 4 nitrogen and oxygen atoms in total. The Bertz CT molecular complexity index is 369. The van der Waals surface area contributed by atoms with Crippen LogP contribution < -0.4 is 5.32 Å². The zero-order valence-electron chi connectivity index (χ0n) is 10.4. The SMILES string of the molecule is CC(C)N1CCC(CNc2cc(Br)ncn2)C1. The normalized spacial score (nSPS) is 21.1. The van der Waals surface area contributed by atoms with E-state index in [0.717, 1.165) is 22.9 Å². The molecule has 1 atom stereocenters. The van der Waals surface area contributed by atoms with Crippen molar-refractivity contribution in [3.05, 3.63) is 17.0 Å². The molecule has 2 heterocycles. The van der Waals surface area contributed by atoms with E-state index in [1.54, 1.807) is 6.33 Å². The number of hydrogen-bond acceptors (Lipinski definition) is 4. The second kappa shape index (κ2) is 5.78. The molecular formula is C12H19BrN4. The first-order chi connectivity index (χ1) is 8.15. The van der Waals surface area contributed by atoms with Crippen molar-refractivity contribution < 1.29 is 0 Å². The summed E-state index contributed by atoms with van der Waals surface area (Å²) in [5.41, 5.74) is 0. The van der Waals surface area contributed by atoms with E-state index in [2.05, 4.69) is 50.0 Å². The maximum absolute atomic E-state index is 4.19. The number of hydrogen-bond donors (Lipinski definition) is 1. The number of likely N-dealkylation sites (tertiary alicyclic amines) is 1. The molecule has 0 saturated carbocycles. The standard InChI is InChI=1S/C12H19BrN4/c1-9(2)17-4-3-10(7-17)6-14-12-5-11(13)15-8-16-12/h5,8-10H,3-4,6-7H2,1-2H3,(H,14,15,16). The van der Waals surface area contributed by atoms with Crippen molar-refractivity contribution in [1.29, 1.82) is 0 Å². The molecule has 0 amide bonds. The Balaban J connectivity index is 1.80. The molecule has 94 valence electrons. The summed E-state index contributed by atoms with van der Waals surface area (Å²) in [6.45, 7) is 7.93. The minimum Gasteiger partial charge on any atom is -0.370 e. The van der Waals surface area contributed by atoms with Crippen LogP contribution in [0.4, 0.5) is 5.82 Å². The first-order valence-corrected chi connectivity index (χ1v) is 6.90. The van der Waals surface area contributed by atoms with E-state index in [4.69, 9.17) is 0 Å². The lowest BCUT2D eigenvalue weighted by atomic mass is 10.1. The molecule has 1 fully saturated rings. The summed E-state index contributed by atoms with van der Waals surface area (Å²) in [6, 6.07) is 2.57. The van der Waals surface area contributed by atoms with Crippen molar-refractivity contribution in [3.8, 4) is 0 Å². The highest BCUT2D eigenvalue weighted by molar-refractivity contribution is 9.10. The predicted octanol–water partition coefficient (Wildman–Crippen LogP) is 2.38. The summed E-state index contributed by atoms with van der Waals surface area (Å²) in [6.07, 6.45) is 2.85. The van der Waals surface area contributed by atoms with Crippen molar-refractivity contribution in [2.75, 3.05) is 25.0 Å². The molecule has 5 heteroatoms. The lowest BCUT2D eigenvalue weighted by Gasteiger charge is -2.20. The molecule has 0 aromatic carbocycles. The molecule has 17 heavy (non-hydrogen) atoms. The molecule has 0 aliphatic carbocycles. The van der Waals surface area contributed by atoms with Gasteiger partial charge in [-0.05, 0) is 48.7 Å². The van der Waals surface area contributed by atoms with Gasteiger partial charge in [0, 0.05) is 25.2 Å². The van der Waals surface area contributed by atoms with Gasteiger partial charge in [0.15, 0.2) is 0 Å². The van der Waals surface area contributed by atoms with Crippen molar-refractivity contribution in [1.82, 2.24) is 14.9 Å².